The van der Waals surface area contributed by atoms with Gasteiger partial charge in [0.15, 0.2) is 0 Å². The Bertz CT molecular complexity index is 1430. The third kappa shape index (κ3) is 8.93. The van der Waals surface area contributed by atoms with Gasteiger partial charge in [-0.2, -0.15) is 0 Å². The number of hydrogen-bond acceptors (Lipinski definition) is 10. The fourth-order valence-electron chi connectivity index (χ4n) is 4.64. The van der Waals surface area contributed by atoms with Crippen LogP contribution in [-0.2, 0) is 21.7 Å². The summed E-state index contributed by atoms with van der Waals surface area (Å²) in [5.41, 5.74) is 0. The van der Waals surface area contributed by atoms with Crippen molar-refractivity contribution in [2.45, 2.75) is 27.7 Å². The van der Waals surface area contributed by atoms with Gasteiger partial charge in [0.2, 0.25) is 0 Å². The first kappa shape index (κ1) is 37.3. The summed E-state index contributed by atoms with van der Waals surface area (Å²) in [5.74, 6) is 2.53. The van der Waals surface area contributed by atoms with Crippen LogP contribution in [0.15, 0.2) is 97.1 Å². The summed E-state index contributed by atoms with van der Waals surface area (Å²) in [7, 11) is -1.90. The number of hydrogen-bond donors (Lipinski definition) is 0. The first-order valence-corrected chi connectivity index (χ1v) is 24.9. The Labute approximate surface area is 287 Å². The van der Waals surface area contributed by atoms with Crippen molar-refractivity contribution in [2.75, 3.05) is 40.6 Å². The van der Waals surface area contributed by atoms with E-state index in [1.54, 1.807) is 97.1 Å². The van der Waals surface area contributed by atoms with Crippen molar-refractivity contribution in [1.82, 2.24) is 0 Å². The average Bonchev–Trinajstić information content (AvgIpc) is 3.08. The molecule has 0 aliphatic rings. The molecule has 0 spiro atoms. The number of ether oxygens (including phenoxy) is 4. The van der Waals surface area contributed by atoms with Crippen LogP contribution in [-0.4, -0.2) is 87.1 Å². The molecule has 4 aromatic rings. The number of benzene rings is 4. The van der Waals surface area contributed by atoms with Crippen LogP contribution in [0.1, 0.15) is 27.7 Å². The summed E-state index contributed by atoms with van der Waals surface area (Å²) < 4.78 is 78.3. The summed E-state index contributed by atoms with van der Waals surface area (Å²) >= 11 is -9.49. The molecular weight excluding hydrogens is 856 g/mol. The van der Waals surface area contributed by atoms with Gasteiger partial charge in [0.1, 0.15) is 0 Å². The molecule has 0 aromatic heterocycles. The van der Waals surface area contributed by atoms with E-state index in [1.165, 1.54) is 14.2 Å². The van der Waals surface area contributed by atoms with E-state index in [4.69, 9.17) is 30.2 Å². The monoisotopic (exact) mass is 902 g/mol. The Morgan fingerprint density at radius 2 is 0.638 bits per heavy atom. The van der Waals surface area contributed by atoms with Gasteiger partial charge in [-0.1, -0.05) is 0 Å². The zero-order chi connectivity index (χ0) is 33.9. The molecule has 0 saturated heterocycles. The molecule has 0 amide bonds. The molecule has 0 bridgehead atoms. The van der Waals surface area contributed by atoms with E-state index in [1.807, 2.05) is 27.7 Å². The molecule has 0 unspecified atom stereocenters. The molecule has 10 nitrogen and oxygen atoms in total. The Hall–Kier alpha value is -2.55. The molecule has 4 rings (SSSR count). The van der Waals surface area contributed by atoms with Gasteiger partial charge in [-0.25, -0.2) is 0 Å². The second-order valence-electron chi connectivity index (χ2n) is 9.50. The second-order valence-corrected chi connectivity index (χ2v) is 26.0. The normalized spacial score (nSPS) is 12.7. The standard InChI is InChI=1S/C34H42O10STe2/c1-7-39-27-11-19-31(20-12-27)46(37-5,32-21-13-28(14-22-32)40-8-2)43-45(35,36)44-47(38-6,33-23-15-29(16-24-33)41-9-3)34-25-17-30(18-26-34)42-10-4/h11-26H,7-10H2,1-6H3. The van der Waals surface area contributed by atoms with Crippen molar-refractivity contribution in [1.29, 1.82) is 0 Å². The van der Waals surface area contributed by atoms with Crippen LogP contribution in [0.4, 0.5) is 0 Å². The van der Waals surface area contributed by atoms with Gasteiger partial charge in [0, 0.05) is 0 Å². The van der Waals surface area contributed by atoms with E-state index in [9.17, 15) is 8.42 Å². The third-order valence-corrected chi connectivity index (χ3v) is 26.3. The van der Waals surface area contributed by atoms with Crippen LogP contribution in [0.2, 0.25) is 0 Å². The summed E-state index contributed by atoms with van der Waals surface area (Å²) in [5, 5.41) is 0. The summed E-state index contributed by atoms with van der Waals surface area (Å²) in [4.78, 5) is 0. The van der Waals surface area contributed by atoms with E-state index in [-0.39, 0.29) is 0 Å². The van der Waals surface area contributed by atoms with Crippen molar-refractivity contribution in [3.63, 3.8) is 0 Å². The maximum absolute atomic E-state index is 14.3. The van der Waals surface area contributed by atoms with Crippen LogP contribution in [0.25, 0.3) is 0 Å². The van der Waals surface area contributed by atoms with E-state index >= 15 is 0 Å². The minimum atomic E-state index is -4.80. The molecule has 0 N–H and O–H groups in total. The number of rotatable bonds is 18. The fraction of sp³-hybridized carbons (Fsp3) is 0.294. The van der Waals surface area contributed by atoms with Crippen molar-refractivity contribution in [3.05, 3.63) is 97.1 Å². The predicted molar refractivity (Wildman–Crippen MR) is 186 cm³/mol. The quantitative estimate of drug-likeness (QED) is 0.138. The Morgan fingerprint density at radius 1 is 0.426 bits per heavy atom. The summed E-state index contributed by atoms with van der Waals surface area (Å²) in [6.07, 6.45) is 0. The van der Waals surface area contributed by atoms with E-state index < -0.39 is 48.4 Å². The molecule has 0 fully saturated rings. The van der Waals surface area contributed by atoms with Crippen LogP contribution >= 0.6 is 0 Å². The zero-order valence-corrected chi connectivity index (χ0v) is 32.9. The van der Waals surface area contributed by atoms with Gasteiger partial charge in [-0.15, -0.1) is 0 Å². The maximum atomic E-state index is 14.3. The van der Waals surface area contributed by atoms with Crippen molar-refractivity contribution < 1.29 is 38.7 Å². The van der Waals surface area contributed by atoms with Crippen molar-refractivity contribution in [2.24, 2.45) is 0 Å². The van der Waals surface area contributed by atoms with Gasteiger partial charge in [0.25, 0.3) is 0 Å². The first-order chi connectivity index (χ1) is 22.7. The Morgan fingerprint density at radius 3 is 0.809 bits per heavy atom. The molecule has 13 heteroatoms. The van der Waals surface area contributed by atoms with Crippen molar-refractivity contribution >= 4 is 62.8 Å². The van der Waals surface area contributed by atoms with Gasteiger partial charge in [-0.05, 0) is 0 Å². The Kier molecular flexibility index (Phi) is 13.6. The van der Waals surface area contributed by atoms with Gasteiger partial charge in [-0.3, -0.25) is 0 Å². The molecule has 0 atom stereocenters. The van der Waals surface area contributed by atoms with Crippen LogP contribution in [0.5, 0.6) is 23.0 Å². The topological polar surface area (TPSA) is 108 Å². The van der Waals surface area contributed by atoms with Crippen LogP contribution < -0.4 is 33.4 Å². The van der Waals surface area contributed by atoms with E-state index in [2.05, 4.69) is 0 Å². The molecular formula is C34H42O10STe2. The molecule has 4 aromatic carbocycles. The first-order valence-electron chi connectivity index (χ1n) is 15.1. The SMILES string of the molecule is CCOc1ccc([Te](OC)(OS(=O)(=O)O[Te](OC)(c2ccc(OCC)cc2)c2ccc(OCC)cc2)c2ccc(OCC)cc2)cc1. The molecule has 47 heavy (non-hydrogen) atoms. The third-order valence-electron chi connectivity index (χ3n) is 6.61. The van der Waals surface area contributed by atoms with Gasteiger partial charge in [0.05, 0.1) is 0 Å². The predicted octanol–water partition coefficient (Wildman–Crippen LogP) is 3.67. The minimum absolute atomic E-state index is 0.483. The van der Waals surface area contributed by atoms with Crippen LogP contribution in [0.3, 0.4) is 0 Å². The zero-order valence-electron chi connectivity index (χ0n) is 27.4. The molecule has 0 heterocycles. The summed E-state index contributed by atoms with van der Waals surface area (Å²) in [6, 6.07) is 28.3. The van der Waals surface area contributed by atoms with Gasteiger partial charge < -0.3 is 0 Å². The van der Waals surface area contributed by atoms with E-state index in [0.717, 1.165) is 0 Å². The second kappa shape index (κ2) is 17.2. The summed E-state index contributed by atoms with van der Waals surface area (Å²) in [6.45, 7) is 9.49. The average molecular weight is 898 g/mol. The fourth-order valence-corrected chi connectivity index (χ4v) is 24.1. The molecule has 256 valence electrons. The van der Waals surface area contributed by atoms with Crippen molar-refractivity contribution in [3.8, 4) is 23.0 Å². The molecule has 0 saturated carbocycles. The molecule has 0 radical (unpaired) electrons. The molecule has 0 aliphatic heterocycles. The Balaban J connectivity index is 1.84. The van der Waals surface area contributed by atoms with E-state index in [0.29, 0.717) is 63.9 Å². The van der Waals surface area contributed by atoms with Crippen LogP contribution in [0, 0.1) is 0 Å². The van der Waals surface area contributed by atoms with Gasteiger partial charge >= 0.3 is 290 Å². The molecule has 0 aliphatic carbocycles.